The van der Waals surface area contributed by atoms with Crippen molar-refractivity contribution in [3.63, 3.8) is 0 Å². The maximum atomic E-state index is 11.6. The van der Waals surface area contributed by atoms with Crippen LogP contribution in [0.1, 0.15) is 5.56 Å². The molecule has 1 aromatic rings. The van der Waals surface area contributed by atoms with Gasteiger partial charge in [0.2, 0.25) is 0 Å². The fraction of sp³-hybridized carbons (Fsp3) is 0.300. The third-order valence-electron chi connectivity index (χ3n) is 2.02. The zero-order valence-corrected chi connectivity index (χ0v) is 11.5. The highest BCUT2D eigenvalue weighted by Gasteiger charge is 2.08. The molecule has 0 saturated carbocycles. The summed E-state index contributed by atoms with van der Waals surface area (Å²) < 4.78 is 32.6. The highest BCUT2D eigenvalue weighted by molar-refractivity contribution is 7.90. The van der Waals surface area contributed by atoms with Crippen molar-refractivity contribution < 1.29 is 13.2 Å². The SMILES string of the molecule is COCCNS(=O)(=O)Nc1ccc(C(N)=S)cc1. The lowest BCUT2D eigenvalue weighted by Gasteiger charge is -2.09. The van der Waals surface area contributed by atoms with Crippen molar-refractivity contribution in [2.45, 2.75) is 0 Å². The van der Waals surface area contributed by atoms with Crippen LogP contribution in [0.5, 0.6) is 0 Å². The number of nitrogens with one attached hydrogen (secondary N) is 2. The van der Waals surface area contributed by atoms with Gasteiger partial charge in [-0.05, 0) is 24.3 Å². The number of ether oxygens (including phenoxy) is 1. The molecule has 0 fully saturated rings. The van der Waals surface area contributed by atoms with Gasteiger partial charge in [0.15, 0.2) is 0 Å². The molecule has 0 radical (unpaired) electrons. The summed E-state index contributed by atoms with van der Waals surface area (Å²) in [5.41, 5.74) is 6.55. The summed E-state index contributed by atoms with van der Waals surface area (Å²) in [6.07, 6.45) is 0. The molecule has 8 heteroatoms. The number of nitrogens with two attached hydrogens (primary N) is 1. The molecule has 0 aliphatic rings. The molecule has 4 N–H and O–H groups in total. The molecule has 0 aromatic heterocycles. The Morgan fingerprint density at radius 3 is 2.50 bits per heavy atom. The van der Waals surface area contributed by atoms with E-state index in [1.807, 2.05) is 0 Å². The van der Waals surface area contributed by atoms with Crippen molar-refractivity contribution in [1.82, 2.24) is 4.72 Å². The van der Waals surface area contributed by atoms with Crippen LogP contribution in [0.3, 0.4) is 0 Å². The summed E-state index contributed by atoms with van der Waals surface area (Å²) in [6.45, 7) is 0.512. The van der Waals surface area contributed by atoms with Crippen molar-refractivity contribution in [2.75, 3.05) is 25.0 Å². The van der Waals surface area contributed by atoms with Gasteiger partial charge in [-0.3, -0.25) is 4.72 Å². The van der Waals surface area contributed by atoms with E-state index < -0.39 is 10.2 Å². The van der Waals surface area contributed by atoms with Gasteiger partial charge in [0.05, 0.1) is 6.61 Å². The number of hydrogen-bond donors (Lipinski definition) is 3. The quantitative estimate of drug-likeness (QED) is 0.493. The topological polar surface area (TPSA) is 93.4 Å². The maximum Gasteiger partial charge on any atom is 0.299 e. The molecule has 0 saturated heterocycles. The largest absolute Gasteiger partial charge is 0.389 e. The molecule has 18 heavy (non-hydrogen) atoms. The van der Waals surface area contributed by atoms with Gasteiger partial charge in [-0.2, -0.15) is 13.1 Å². The van der Waals surface area contributed by atoms with Crippen molar-refractivity contribution in [2.24, 2.45) is 5.73 Å². The van der Waals surface area contributed by atoms with E-state index in [-0.39, 0.29) is 11.5 Å². The smallest absolute Gasteiger partial charge is 0.299 e. The van der Waals surface area contributed by atoms with E-state index in [1.54, 1.807) is 24.3 Å². The minimum Gasteiger partial charge on any atom is -0.389 e. The van der Waals surface area contributed by atoms with Crippen molar-refractivity contribution in [1.29, 1.82) is 0 Å². The molecule has 1 aromatic carbocycles. The fourth-order valence-corrected chi connectivity index (χ4v) is 2.18. The lowest BCUT2D eigenvalue weighted by molar-refractivity contribution is 0.204. The molecule has 0 spiro atoms. The summed E-state index contributed by atoms with van der Waals surface area (Å²) in [4.78, 5) is 0.266. The Morgan fingerprint density at radius 1 is 1.39 bits per heavy atom. The highest BCUT2D eigenvalue weighted by Crippen LogP contribution is 2.10. The van der Waals surface area contributed by atoms with Gasteiger partial charge in [-0.1, -0.05) is 12.2 Å². The first-order valence-corrected chi connectivity index (χ1v) is 7.00. The minimum atomic E-state index is -3.58. The van der Waals surface area contributed by atoms with Gasteiger partial charge in [-0.15, -0.1) is 0 Å². The van der Waals surface area contributed by atoms with E-state index in [1.165, 1.54) is 7.11 Å². The lowest BCUT2D eigenvalue weighted by atomic mass is 10.2. The van der Waals surface area contributed by atoms with Crippen LogP contribution in [-0.2, 0) is 14.9 Å². The van der Waals surface area contributed by atoms with Gasteiger partial charge in [0.25, 0.3) is 10.2 Å². The predicted molar refractivity (Wildman–Crippen MR) is 74.8 cm³/mol. The summed E-state index contributed by atoms with van der Waals surface area (Å²) in [5.74, 6) is 0. The highest BCUT2D eigenvalue weighted by atomic mass is 32.2. The van der Waals surface area contributed by atoms with Gasteiger partial charge < -0.3 is 10.5 Å². The van der Waals surface area contributed by atoms with Gasteiger partial charge in [0, 0.05) is 24.9 Å². The summed E-state index contributed by atoms with van der Waals surface area (Å²) >= 11 is 4.80. The molecular weight excluding hydrogens is 274 g/mol. The summed E-state index contributed by atoms with van der Waals surface area (Å²) in [7, 11) is -2.09. The molecule has 100 valence electrons. The Hall–Kier alpha value is -1.22. The predicted octanol–water partition coefficient (Wildman–Crippen LogP) is 0.213. The van der Waals surface area contributed by atoms with Crippen LogP contribution in [0.25, 0.3) is 0 Å². The van der Waals surface area contributed by atoms with Crippen molar-refractivity contribution in [3.8, 4) is 0 Å². The second kappa shape index (κ2) is 6.64. The Balaban J connectivity index is 2.63. The third kappa shape index (κ3) is 4.96. The van der Waals surface area contributed by atoms with Crippen LogP contribution in [0.4, 0.5) is 5.69 Å². The fourth-order valence-electron chi connectivity index (χ4n) is 1.17. The van der Waals surface area contributed by atoms with Gasteiger partial charge in [0.1, 0.15) is 4.99 Å². The van der Waals surface area contributed by atoms with Crippen molar-refractivity contribution in [3.05, 3.63) is 29.8 Å². The van der Waals surface area contributed by atoms with E-state index in [4.69, 9.17) is 22.7 Å². The van der Waals surface area contributed by atoms with Crippen LogP contribution in [-0.4, -0.2) is 33.7 Å². The summed E-state index contributed by atoms with van der Waals surface area (Å²) in [5, 5.41) is 0. The van der Waals surface area contributed by atoms with Gasteiger partial charge >= 0.3 is 0 Å². The van der Waals surface area contributed by atoms with Crippen molar-refractivity contribution >= 4 is 33.1 Å². The minimum absolute atomic E-state index is 0.205. The second-order valence-electron chi connectivity index (χ2n) is 3.43. The van der Waals surface area contributed by atoms with E-state index in [0.717, 1.165) is 0 Å². The molecule has 0 aliphatic heterocycles. The van der Waals surface area contributed by atoms with Crippen LogP contribution in [0, 0.1) is 0 Å². The number of hydrogen-bond acceptors (Lipinski definition) is 4. The van der Waals surface area contributed by atoms with E-state index in [2.05, 4.69) is 9.44 Å². The van der Waals surface area contributed by atoms with Crippen LogP contribution in [0.15, 0.2) is 24.3 Å². The van der Waals surface area contributed by atoms with Crippen LogP contribution in [0.2, 0.25) is 0 Å². The third-order valence-corrected chi connectivity index (χ3v) is 3.34. The van der Waals surface area contributed by atoms with Crippen LogP contribution >= 0.6 is 12.2 Å². The Labute approximate surface area is 112 Å². The average Bonchev–Trinajstić information content (AvgIpc) is 2.29. The molecule has 0 aliphatic carbocycles. The molecule has 0 unspecified atom stereocenters. The molecule has 0 atom stereocenters. The molecule has 0 heterocycles. The first-order valence-electron chi connectivity index (χ1n) is 5.11. The molecule has 0 bridgehead atoms. The Bertz CT molecular complexity index is 500. The Morgan fingerprint density at radius 2 is 2.00 bits per heavy atom. The number of rotatable bonds is 7. The standard InChI is InChI=1S/C10H15N3O3S2/c1-16-7-6-12-18(14,15)13-9-4-2-8(3-5-9)10(11)17/h2-5,12-13H,6-7H2,1H3,(H2,11,17). The molecule has 0 amide bonds. The normalized spacial score (nSPS) is 11.2. The van der Waals surface area contributed by atoms with E-state index in [9.17, 15) is 8.42 Å². The number of thiocarbonyl (C=S) groups is 1. The average molecular weight is 289 g/mol. The maximum absolute atomic E-state index is 11.6. The first kappa shape index (κ1) is 14.8. The molecule has 1 rings (SSSR count). The number of benzene rings is 1. The van der Waals surface area contributed by atoms with Crippen LogP contribution < -0.4 is 15.2 Å². The zero-order chi connectivity index (χ0) is 13.6. The monoisotopic (exact) mass is 289 g/mol. The summed E-state index contributed by atoms with van der Waals surface area (Å²) in [6, 6.07) is 6.47. The lowest BCUT2D eigenvalue weighted by Crippen LogP contribution is -2.32. The van der Waals surface area contributed by atoms with E-state index in [0.29, 0.717) is 17.9 Å². The van der Waals surface area contributed by atoms with E-state index >= 15 is 0 Å². The number of anilines is 1. The zero-order valence-electron chi connectivity index (χ0n) is 9.84. The van der Waals surface area contributed by atoms with Gasteiger partial charge in [-0.25, -0.2) is 0 Å². The first-order chi connectivity index (χ1) is 8.44. The molecular formula is C10H15N3O3S2. The molecule has 6 nitrogen and oxygen atoms in total. The second-order valence-corrected chi connectivity index (χ2v) is 5.37. The Kier molecular flexibility index (Phi) is 5.48. The number of methoxy groups -OCH3 is 1.